The number of hydrogen-bond donors (Lipinski definition) is 1. The summed E-state index contributed by atoms with van der Waals surface area (Å²) in [6.07, 6.45) is 5.34. The third kappa shape index (κ3) is 2.91. The molecule has 0 aromatic heterocycles. The molecular weight excluding hydrogens is 266 g/mol. The van der Waals surface area contributed by atoms with Gasteiger partial charge in [0.25, 0.3) is 0 Å². The minimum absolute atomic E-state index is 0.303. The normalized spacial score (nSPS) is 29.0. The first kappa shape index (κ1) is 14.4. The first-order chi connectivity index (χ1) is 10.2. The Balaban J connectivity index is 1.87. The Morgan fingerprint density at radius 2 is 2.14 bits per heavy atom. The number of nitrogens with zero attached hydrogens (tertiary/aromatic N) is 1. The van der Waals surface area contributed by atoms with E-state index in [-0.39, 0.29) is 5.92 Å². The summed E-state index contributed by atoms with van der Waals surface area (Å²) in [6, 6.07) is 8.63. The highest BCUT2D eigenvalue weighted by Crippen LogP contribution is 2.35. The number of anilines is 1. The van der Waals surface area contributed by atoms with Crippen LogP contribution >= 0.6 is 0 Å². The van der Waals surface area contributed by atoms with Crippen LogP contribution in [0.15, 0.2) is 24.3 Å². The smallest absolute Gasteiger partial charge is 0.308 e. The maximum absolute atomic E-state index is 11.5. The fraction of sp³-hybridized carbons (Fsp3) is 0.588. The number of rotatable bonds is 3. The summed E-state index contributed by atoms with van der Waals surface area (Å²) in [5, 5.41) is 9.43. The molecule has 1 saturated carbocycles. The average Bonchev–Trinajstić information content (AvgIpc) is 2.53. The Morgan fingerprint density at radius 1 is 1.33 bits per heavy atom. The third-order valence-electron chi connectivity index (χ3n) is 4.91. The van der Waals surface area contributed by atoms with Gasteiger partial charge >= 0.3 is 5.97 Å². The van der Waals surface area contributed by atoms with Crippen LogP contribution in [0.4, 0.5) is 5.69 Å². The predicted molar refractivity (Wildman–Crippen MR) is 81.7 cm³/mol. The molecule has 4 heteroatoms. The Morgan fingerprint density at radius 3 is 2.90 bits per heavy atom. The van der Waals surface area contributed by atoms with Crippen LogP contribution in [0.2, 0.25) is 0 Å². The minimum atomic E-state index is -0.686. The Labute approximate surface area is 125 Å². The van der Waals surface area contributed by atoms with Crippen LogP contribution in [0.25, 0.3) is 0 Å². The highest BCUT2D eigenvalue weighted by Gasteiger charge is 2.34. The molecule has 1 N–H and O–H groups in total. The maximum atomic E-state index is 11.5. The number of benzene rings is 1. The zero-order valence-corrected chi connectivity index (χ0v) is 12.5. The molecule has 1 aliphatic carbocycles. The standard InChI is InChI=1S/C17H23NO3/c1-21-15-7-4-6-14(10-15)18-11-13(17(19)20)9-12-5-2-3-8-16(12)18/h2-3,5,8,13-15H,4,6-7,9-11H2,1H3,(H,19,20). The second-order valence-electron chi connectivity index (χ2n) is 6.20. The Kier molecular flexibility index (Phi) is 4.15. The zero-order chi connectivity index (χ0) is 14.8. The molecule has 0 spiro atoms. The number of carbonyl (C=O) groups is 1. The zero-order valence-electron chi connectivity index (χ0n) is 12.5. The lowest BCUT2D eigenvalue weighted by atomic mass is 9.86. The van der Waals surface area contributed by atoms with E-state index >= 15 is 0 Å². The van der Waals surface area contributed by atoms with Gasteiger partial charge in [-0.05, 0) is 43.7 Å². The van der Waals surface area contributed by atoms with Gasteiger partial charge in [0.2, 0.25) is 0 Å². The van der Waals surface area contributed by atoms with E-state index in [1.165, 1.54) is 5.69 Å². The van der Waals surface area contributed by atoms with Crippen molar-refractivity contribution >= 4 is 11.7 Å². The molecule has 0 saturated heterocycles. The number of carboxylic acid groups (broad SMARTS) is 1. The van der Waals surface area contributed by atoms with Gasteiger partial charge in [-0.3, -0.25) is 4.79 Å². The van der Waals surface area contributed by atoms with E-state index in [0.717, 1.165) is 31.2 Å². The lowest BCUT2D eigenvalue weighted by molar-refractivity contribution is -0.141. The quantitative estimate of drug-likeness (QED) is 0.929. The summed E-state index contributed by atoms with van der Waals surface area (Å²) < 4.78 is 5.53. The van der Waals surface area contributed by atoms with Crippen molar-refractivity contribution in [3.8, 4) is 0 Å². The number of para-hydroxylation sites is 1. The Bertz CT molecular complexity index is 517. The topological polar surface area (TPSA) is 49.8 Å². The van der Waals surface area contributed by atoms with Crippen LogP contribution in [0.3, 0.4) is 0 Å². The molecule has 0 amide bonds. The highest BCUT2D eigenvalue weighted by atomic mass is 16.5. The summed E-state index contributed by atoms with van der Waals surface area (Å²) in [4.78, 5) is 13.8. The Hall–Kier alpha value is -1.55. The molecule has 114 valence electrons. The van der Waals surface area contributed by atoms with Crippen molar-refractivity contribution in [1.82, 2.24) is 0 Å². The van der Waals surface area contributed by atoms with Crippen molar-refractivity contribution in [2.45, 2.75) is 44.2 Å². The van der Waals surface area contributed by atoms with Gasteiger partial charge in [-0.1, -0.05) is 18.2 Å². The number of methoxy groups -OCH3 is 1. The van der Waals surface area contributed by atoms with Crippen molar-refractivity contribution in [2.24, 2.45) is 5.92 Å². The van der Waals surface area contributed by atoms with Crippen LogP contribution in [0, 0.1) is 5.92 Å². The number of fused-ring (bicyclic) bond motifs is 1. The summed E-state index contributed by atoms with van der Waals surface area (Å²) in [5.41, 5.74) is 2.38. The first-order valence-electron chi connectivity index (χ1n) is 7.79. The molecular formula is C17H23NO3. The average molecular weight is 289 g/mol. The van der Waals surface area contributed by atoms with Gasteiger partial charge in [-0.2, -0.15) is 0 Å². The summed E-state index contributed by atoms with van der Waals surface area (Å²) in [5.74, 6) is -0.989. The fourth-order valence-corrected chi connectivity index (χ4v) is 3.76. The lowest BCUT2D eigenvalue weighted by Gasteiger charge is -2.43. The molecule has 0 bridgehead atoms. The monoisotopic (exact) mass is 289 g/mol. The van der Waals surface area contributed by atoms with E-state index < -0.39 is 5.97 Å². The van der Waals surface area contributed by atoms with Gasteiger partial charge < -0.3 is 14.7 Å². The fourth-order valence-electron chi connectivity index (χ4n) is 3.76. The van der Waals surface area contributed by atoms with Gasteiger partial charge in [0, 0.05) is 25.4 Å². The van der Waals surface area contributed by atoms with Crippen molar-refractivity contribution in [3.05, 3.63) is 29.8 Å². The van der Waals surface area contributed by atoms with Crippen LogP contribution in [-0.2, 0) is 16.0 Å². The van der Waals surface area contributed by atoms with E-state index in [0.29, 0.717) is 25.1 Å². The van der Waals surface area contributed by atoms with Crippen molar-refractivity contribution in [1.29, 1.82) is 0 Å². The molecule has 21 heavy (non-hydrogen) atoms. The third-order valence-corrected chi connectivity index (χ3v) is 4.91. The van der Waals surface area contributed by atoms with E-state index in [4.69, 9.17) is 4.74 Å². The van der Waals surface area contributed by atoms with Gasteiger partial charge in [0.15, 0.2) is 0 Å². The van der Waals surface area contributed by atoms with Crippen LogP contribution in [0.1, 0.15) is 31.2 Å². The molecule has 3 atom stereocenters. The lowest BCUT2D eigenvalue weighted by Crippen LogP contribution is -2.47. The van der Waals surface area contributed by atoms with E-state index in [1.807, 2.05) is 12.1 Å². The van der Waals surface area contributed by atoms with Crippen LogP contribution in [0.5, 0.6) is 0 Å². The van der Waals surface area contributed by atoms with E-state index in [9.17, 15) is 9.90 Å². The number of hydrogen-bond acceptors (Lipinski definition) is 3. The molecule has 0 radical (unpaired) electrons. The number of ether oxygens (including phenoxy) is 1. The second-order valence-corrected chi connectivity index (χ2v) is 6.20. The second kappa shape index (κ2) is 6.06. The van der Waals surface area contributed by atoms with Crippen LogP contribution < -0.4 is 4.90 Å². The summed E-state index contributed by atoms with van der Waals surface area (Å²) in [7, 11) is 1.78. The molecule has 1 aromatic carbocycles. The molecule has 2 aliphatic rings. The molecule has 3 unspecified atom stereocenters. The first-order valence-corrected chi connectivity index (χ1v) is 7.79. The minimum Gasteiger partial charge on any atom is -0.481 e. The van der Waals surface area contributed by atoms with Gasteiger partial charge in [-0.25, -0.2) is 0 Å². The van der Waals surface area contributed by atoms with Gasteiger partial charge in [0.1, 0.15) is 0 Å². The summed E-state index contributed by atoms with van der Waals surface area (Å²) >= 11 is 0. The molecule has 1 fully saturated rings. The predicted octanol–water partition coefficient (Wildman–Crippen LogP) is 2.71. The maximum Gasteiger partial charge on any atom is 0.308 e. The van der Waals surface area contributed by atoms with E-state index in [2.05, 4.69) is 17.0 Å². The van der Waals surface area contributed by atoms with Gasteiger partial charge in [-0.15, -0.1) is 0 Å². The molecule has 1 heterocycles. The molecule has 3 rings (SSSR count). The van der Waals surface area contributed by atoms with Crippen molar-refractivity contribution in [3.63, 3.8) is 0 Å². The molecule has 4 nitrogen and oxygen atoms in total. The largest absolute Gasteiger partial charge is 0.481 e. The molecule has 1 aromatic rings. The number of aliphatic carboxylic acids is 1. The van der Waals surface area contributed by atoms with Crippen molar-refractivity contribution in [2.75, 3.05) is 18.6 Å². The highest BCUT2D eigenvalue weighted by molar-refractivity contribution is 5.74. The number of carboxylic acids is 1. The van der Waals surface area contributed by atoms with Gasteiger partial charge in [0.05, 0.1) is 12.0 Å². The SMILES string of the molecule is COC1CCCC(N2CC(C(=O)O)Cc3ccccc32)C1. The van der Waals surface area contributed by atoms with E-state index in [1.54, 1.807) is 7.11 Å². The summed E-state index contributed by atoms with van der Waals surface area (Å²) in [6.45, 7) is 0.618. The van der Waals surface area contributed by atoms with Crippen LogP contribution in [-0.4, -0.2) is 36.9 Å². The molecule has 1 aliphatic heterocycles. The van der Waals surface area contributed by atoms with Crippen molar-refractivity contribution < 1.29 is 14.6 Å².